The Hall–Kier alpha value is -3.17. The fourth-order valence-electron chi connectivity index (χ4n) is 2.02. The highest BCUT2D eigenvalue weighted by Gasteiger charge is 2.34. The molecule has 6 nitrogen and oxygen atoms in total. The highest BCUT2D eigenvalue weighted by Crippen LogP contribution is 2.34. The fraction of sp³-hybridized carbons (Fsp3) is 0.188. The average Bonchev–Trinajstić information content (AvgIpc) is 2.55. The Morgan fingerprint density at radius 1 is 1.23 bits per heavy atom. The van der Waals surface area contributed by atoms with Crippen molar-refractivity contribution in [2.75, 3.05) is 5.32 Å². The molecule has 0 saturated carbocycles. The summed E-state index contributed by atoms with van der Waals surface area (Å²) in [5.74, 6) is -2.46. The Balaban J connectivity index is 2.13. The molecule has 26 heavy (non-hydrogen) atoms. The number of rotatable bonds is 5. The predicted octanol–water partition coefficient (Wildman–Crippen LogP) is 4.16. The average molecular weight is 372 g/mol. The number of anilines is 1. The molecule has 0 aromatic heterocycles. The van der Waals surface area contributed by atoms with E-state index in [-0.39, 0.29) is 0 Å². The number of non-ortho nitro benzene ring substituents is 1. The third kappa shape index (κ3) is 4.47. The molecule has 0 heterocycles. The molecule has 0 bridgehead atoms. The lowest BCUT2D eigenvalue weighted by atomic mass is 10.1. The van der Waals surface area contributed by atoms with E-state index in [2.05, 4.69) is 5.32 Å². The lowest BCUT2D eigenvalue weighted by molar-refractivity contribution is -0.385. The van der Waals surface area contributed by atoms with Crippen LogP contribution in [-0.2, 0) is 11.0 Å². The Morgan fingerprint density at radius 3 is 2.46 bits per heavy atom. The van der Waals surface area contributed by atoms with Gasteiger partial charge in [0.25, 0.3) is 11.6 Å². The van der Waals surface area contributed by atoms with Gasteiger partial charge in [0.15, 0.2) is 17.7 Å². The molecule has 1 unspecified atom stereocenters. The molecule has 2 aromatic rings. The van der Waals surface area contributed by atoms with Gasteiger partial charge in [-0.25, -0.2) is 4.39 Å². The first-order valence-corrected chi connectivity index (χ1v) is 7.17. The molecule has 0 saturated heterocycles. The van der Waals surface area contributed by atoms with E-state index >= 15 is 0 Å². The van der Waals surface area contributed by atoms with Gasteiger partial charge in [-0.3, -0.25) is 14.9 Å². The second-order valence-corrected chi connectivity index (χ2v) is 5.16. The van der Waals surface area contributed by atoms with Gasteiger partial charge in [-0.1, -0.05) is 12.1 Å². The third-order valence-electron chi connectivity index (χ3n) is 3.29. The van der Waals surface area contributed by atoms with Crippen molar-refractivity contribution in [3.8, 4) is 5.75 Å². The van der Waals surface area contributed by atoms with E-state index in [1.54, 1.807) is 0 Å². The van der Waals surface area contributed by atoms with Gasteiger partial charge in [-0.15, -0.1) is 0 Å². The minimum atomic E-state index is -4.67. The Bertz CT molecular complexity index is 839. The van der Waals surface area contributed by atoms with Gasteiger partial charge in [-0.2, -0.15) is 13.2 Å². The Labute approximate surface area is 144 Å². The minimum absolute atomic E-state index is 0.442. The van der Waals surface area contributed by atoms with Crippen molar-refractivity contribution >= 4 is 17.3 Å². The molecule has 0 radical (unpaired) electrons. The molecule has 0 aliphatic carbocycles. The fourth-order valence-corrected chi connectivity index (χ4v) is 2.02. The van der Waals surface area contributed by atoms with Crippen molar-refractivity contribution in [1.82, 2.24) is 0 Å². The second-order valence-electron chi connectivity index (χ2n) is 5.16. The monoisotopic (exact) mass is 372 g/mol. The SMILES string of the molecule is CC(Oc1ccc([N+](=O)[O-])cc1F)C(=O)Nc1ccccc1C(F)(F)F. The number of ether oxygens (including phenoxy) is 1. The molecular weight excluding hydrogens is 360 g/mol. The molecule has 1 atom stereocenters. The first-order valence-electron chi connectivity index (χ1n) is 7.17. The summed E-state index contributed by atoms with van der Waals surface area (Å²) in [7, 11) is 0. The quantitative estimate of drug-likeness (QED) is 0.485. The number of nitro benzene ring substituents is 1. The number of hydrogen-bond acceptors (Lipinski definition) is 4. The molecule has 2 rings (SSSR count). The number of alkyl halides is 3. The van der Waals surface area contributed by atoms with Crippen LogP contribution in [0.15, 0.2) is 42.5 Å². The maximum Gasteiger partial charge on any atom is 0.418 e. The molecule has 0 aliphatic heterocycles. The van der Waals surface area contributed by atoms with Crippen LogP contribution < -0.4 is 10.1 Å². The number of amides is 1. The van der Waals surface area contributed by atoms with Crippen LogP contribution >= 0.6 is 0 Å². The van der Waals surface area contributed by atoms with E-state index in [1.807, 2.05) is 0 Å². The van der Waals surface area contributed by atoms with Crippen LogP contribution in [-0.4, -0.2) is 16.9 Å². The van der Waals surface area contributed by atoms with E-state index in [4.69, 9.17) is 4.74 Å². The standard InChI is InChI=1S/C16H12F4N2O4/c1-9(26-14-7-6-10(22(24)25)8-12(14)17)15(23)21-13-5-3-2-4-11(13)16(18,19)20/h2-9H,1H3,(H,21,23). The van der Waals surface area contributed by atoms with Gasteiger partial charge in [0.1, 0.15) is 0 Å². The van der Waals surface area contributed by atoms with Gasteiger partial charge < -0.3 is 10.1 Å². The highest BCUT2D eigenvalue weighted by atomic mass is 19.4. The van der Waals surface area contributed by atoms with Gasteiger partial charge >= 0.3 is 6.18 Å². The number of benzene rings is 2. The number of para-hydroxylation sites is 1. The summed E-state index contributed by atoms with van der Waals surface area (Å²) in [6.45, 7) is 1.20. The maximum absolute atomic E-state index is 13.8. The number of carbonyl (C=O) groups is 1. The summed E-state index contributed by atoms with van der Waals surface area (Å²) in [6, 6.07) is 6.90. The van der Waals surface area contributed by atoms with Crippen molar-refractivity contribution in [2.45, 2.75) is 19.2 Å². The molecule has 1 N–H and O–H groups in total. The van der Waals surface area contributed by atoms with E-state index < -0.39 is 51.6 Å². The Kier molecular flexibility index (Phi) is 5.44. The van der Waals surface area contributed by atoms with Gasteiger partial charge in [-0.05, 0) is 25.1 Å². The van der Waals surface area contributed by atoms with Crippen LogP contribution in [0, 0.1) is 15.9 Å². The maximum atomic E-state index is 13.8. The van der Waals surface area contributed by atoms with Gasteiger partial charge in [0.2, 0.25) is 0 Å². The molecule has 138 valence electrons. The van der Waals surface area contributed by atoms with E-state index in [9.17, 15) is 32.5 Å². The summed E-state index contributed by atoms with van der Waals surface area (Å²) < 4.78 is 57.6. The largest absolute Gasteiger partial charge is 0.478 e. The zero-order valence-corrected chi connectivity index (χ0v) is 13.2. The number of nitrogens with zero attached hydrogens (tertiary/aromatic N) is 1. The number of halogens is 4. The smallest absolute Gasteiger partial charge is 0.418 e. The zero-order valence-electron chi connectivity index (χ0n) is 13.2. The molecule has 0 aliphatic rings. The summed E-state index contributed by atoms with van der Waals surface area (Å²) in [4.78, 5) is 21.8. The third-order valence-corrected chi connectivity index (χ3v) is 3.29. The van der Waals surface area contributed by atoms with E-state index in [0.717, 1.165) is 24.3 Å². The highest BCUT2D eigenvalue weighted by molar-refractivity contribution is 5.94. The lowest BCUT2D eigenvalue weighted by Gasteiger charge is -2.17. The molecule has 10 heteroatoms. The number of nitro groups is 1. The molecule has 1 amide bonds. The van der Waals surface area contributed by atoms with Crippen LogP contribution in [0.4, 0.5) is 28.9 Å². The number of carbonyl (C=O) groups excluding carboxylic acids is 1. The van der Waals surface area contributed by atoms with Crippen LogP contribution in [0.3, 0.4) is 0 Å². The topological polar surface area (TPSA) is 81.5 Å². The number of nitrogens with one attached hydrogen (secondary N) is 1. The van der Waals surface area contributed by atoms with Crippen LogP contribution in [0.25, 0.3) is 0 Å². The first-order chi connectivity index (χ1) is 12.1. The molecular formula is C16H12F4N2O4. The molecule has 2 aromatic carbocycles. The predicted molar refractivity (Wildman–Crippen MR) is 83.2 cm³/mol. The molecule has 0 spiro atoms. The zero-order chi connectivity index (χ0) is 19.5. The second kappa shape index (κ2) is 7.38. The van der Waals surface area contributed by atoms with E-state index in [1.165, 1.54) is 19.1 Å². The van der Waals surface area contributed by atoms with Gasteiger partial charge in [0.05, 0.1) is 22.2 Å². The van der Waals surface area contributed by atoms with Crippen molar-refractivity contribution in [2.24, 2.45) is 0 Å². The molecule has 0 fully saturated rings. The van der Waals surface area contributed by atoms with E-state index in [0.29, 0.717) is 6.07 Å². The minimum Gasteiger partial charge on any atom is -0.478 e. The normalized spacial score (nSPS) is 12.3. The van der Waals surface area contributed by atoms with Crippen molar-refractivity contribution in [3.05, 3.63) is 64.0 Å². The first kappa shape index (κ1) is 19.2. The van der Waals surface area contributed by atoms with Gasteiger partial charge in [0, 0.05) is 6.07 Å². The van der Waals surface area contributed by atoms with Crippen molar-refractivity contribution in [1.29, 1.82) is 0 Å². The lowest BCUT2D eigenvalue weighted by Crippen LogP contribution is -2.31. The summed E-state index contributed by atoms with van der Waals surface area (Å²) in [5, 5.41) is 12.6. The van der Waals surface area contributed by atoms with Crippen LogP contribution in [0.1, 0.15) is 12.5 Å². The summed E-state index contributed by atoms with van der Waals surface area (Å²) >= 11 is 0. The van der Waals surface area contributed by atoms with Crippen LogP contribution in [0.5, 0.6) is 5.75 Å². The summed E-state index contributed by atoms with van der Waals surface area (Å²) in [5.41, 5.74) is -2.02. The van der Waals surface area contributed by atoms with Crippen molar-refractivity contribution in [3.63, 3.8) is 0 Å². The van der Waals surface area contributed by atoms with Crippen molar-refractivity contribution < 1.29 is 32.0 Å². The summed E-state index contributed by atoms with van der Waals surface area (Å²) in [6.07, 6.45) is -6.02. The Morgan fingerprint density at radius 2 is 1.88 bits per heavy atom. The van der Waals surface area contributed by atoms with Crippen LogP contribution in [0.2, 0.25) is 0 Å². The number of hydrogen-bond donors (Lipinski definition) is 1.